The van der Waals surface area contributed by atoms with E-state index >= 15 is 0 Å². The van der Waals surface area contributed by atoms with Crippen LogP contribution in [0.3, 0.4) is 0 Å². The van der Waals surface area contributed by atoms with E-state index in [0.29, 0.717) is 0 Å². The van der Waals surface area contributed by atoms with Crippen molar-refractivity contribution in [2.45, 2.75) is 27.7 Å². The van der Waals surface area contributed by atoms with Crippen molar-refractivity contribution in [1.29, 1.82) is 0 Å². The molecule has 4 atom stereocenters. The molecule has 3 heteroatoms. The van der Waals surface area contributed by atoms with Crippen LogP contribution in [0.25, 0.3) is 0 Å². The molecule has 0 fully saturated rings. The van der Waals surface area contributed by atoms with Crippen LogP contribution in [-0.4, -0.2) is 19.9 Å². The Morgan fingerprint density at radius 3 is 1.56 bits per heavy atom. The highest BCUT2D eigenvalue weighted by molar-refractivity contribution is 7.91. The van der Waals surface area contributed by atoms with Crippen LogP contribution in [0.2, 0.25) is 0 Å². The molecular weight excluding hydrogens is 328 g/mol. The lowest BCUT2D eigenvalue weighted by atomic mass is 9.75. The maximum absolute atomic E-state index is 13.0. The zero-order chi connectivity index (χ0) is 18.6. The molecule has 0 saturated heterocycles. The van der Waals surface area contributed by atoms with Gasteiger partial charge in [0.2, 0.25) is 0 Å². The lowest BCUT2D eigenvalue weighted by Crippen LogP contribution is -2.35. The Bertz CT molecular complexity index is 691. The molecule has 0 aromatic rings. The van der Waals surface area contributed by atoms with Crippen LogP contribution in [0.15, 0.2) is 72.9 Å². The van der Waals surface area contributed by atoms with Crippen molar-refractivity contribution in [3.05, 3.63) is 72.9 Å². The maximum Gasteiger partial charge on any atom is 0.151 e. The Morgan fingerprint density at radius 2 is 1.20 bits per heavy atom. The average molecular weight is 359 g/mol. The molecule has 2 aliphatic rings. The third-order valence-electron chi connectivity index (χ3n) is 5.34. The number of rotatable bonds is 6. The molecule has 0 amide bonds. The number of sulfone groups is 1. The highest BCUT2D eigenvalue weighted by Gasteiger charge is 2.36. The topological polar surface area (TPSA) is 34.1 Å². The molecule has 4 unspecified atom stereocenters. The molecule has 136 valence electrons. The lowest BCUT2D eigenvalue weighted by Gasteiger charge is -2.35. The lowest BCUT2D eigenvalue weighted by molar-refractivity contribution is 0.402. The summed E-state index contributed by atoms with van der Waals surface area (Å²) in [4.78, 5) is 0. The third kappa shape index (κ3) is 4.72. The predicted molar refractivity (Wildman–Crippen MR) is 108 cm³/mol. The van der Waals surface area contributed by atoms with Crippen LogP contribution in [-0.2, 0) is 9.84 Å². The van der Waals surface area contributed by atoms with Gasteiger partial charge in [0.15, 0.2) is 9.84 Å². The van der Waals surface area contributed by atoms with Gasteiger partial charge in [0.25, 0.3) is 0 Å². The number of hydrogen-bond acceptors (Lipinski definition) is 2. The smallest absolute Gasteiger partial charge is 0.151 e. The first-order chi connectivity index (χ1) is 11.7. The van der Waals surface area contributed by atoms with Crippen LogP contribution >= 0.6 is 0 Å². The van der Waals surface area contributed by atoms with Gasteiger partial charge in [-0.15, -0.1) is 0 Å². The van der Waals surface area contributed by atoms with Crippen molar-refractivity contribution in [2.24, 2.45) is 22.7 Å². The fraction of sp³-hybridized carbons (Fsp3) is 0.455. The van der Waals surface area contributed by atoms with E-state index < -0.39 is 9.84 Å². The van der Waals surface area contributed by atoms with Crippen LogP contribution in [0, 0.1) is 22.7 Å². The molecule has 2 nitrogen and oxygen atoms in total. The first-order valence-corrected chi connectivity index (χ1v) is 10.8. The van der Waals surface area contributed by atoms with Gasteiger partial charge in [-0.25, -0.2) is 8.42 Å². The molecular formula is C22H30O2S. The summed E-state index contributed by atoms with van der Waals surface area (Å²) in [5.74, 6) is 0.285. The van der Waals surface area contributed by atoms with E-state index in [1.807, 2.05) is 62.5 Å². The van der Waals surface area contributed by atoms with Gasteiger partial charge in [0, 0.05) is 22.7 Å². The Labute approximate surface area is 153 Å². The largest absolute Gasteiger partial charge is 0.229 e. The molecule has 0 heterocycles. The highest BCUT2D eigenvalue weighted by atomic mass is 32.2. The van der Waals surface area contributed by atoms with E-state index in [9.17, 15) is 8.42 Å². The second kappa shape index (κ2) is 7.74. The van der Waals surface area contributed by atoms with E-state index in [0.717, 1.165) is 0 Å². The monoisotopic (exact) mass is 358 g/mol. The molecule has 0 bridgehead atoms. The van der Waals surface area contributed by atoms with Crippen molar-refractivity contribution in [3.63, 3.8) is 0 Å². The fourth-order valence-electron chi connectivity index (χ4n) is 3.75. The van der Waals surface area contributed by atoms with Gasteiger partial charge >= 0.3 is 0 Å². The summed E-state index contributed by atoms with van der Waals surface area (Å²) in [6.07, 6.45) is 24.4. The van der Waals surface area contributed by atoms with Gasteiger partial charge in [-0.05, 0) is 13.8 Å². The maximum atomic E-state index is 13.0. The molecule has 0 aromatic carbocycles. The minimum absolute atomic E-state index is 0.0326. The van der Waals surface area contributed by atoms with E-state index in [1.54, 1.807) is 0 Å². The van der Waals surface area contributed by atoms with Crippen LogP contribution in [0.5, 0.6) is 0 Å². The van der Waals surface area contributed by atoms with E-state index in [-0.39, 0.29) is 34.2 Å². The zero-order valence-electron chi connectivity index (χ0n) is 15.7. The molecule has 2 aliphatic carbocycles. The summed E-state index contributed by atoms with van der Waals surface area (Å²) in [7, 11) is -3.20. The number of allylic oxidation sites excluding steroid dienone is 12. The van der Waals surface area contributed by atoms with Crippen LogP contribution in [0.1, 0.15) is 27.7 Å². The molecule has 0 saturated carbocycles. The normalized spacial score (nSPS) is 35.2. The Balaban J connectivity index is 2.19. The van der Waals surface area contributed by atoms with Crippen LogP contribution in [0.4, 0.5) is 0 Å². The molecule has 25 heavy (non-hydrogen) atoms. The van der Waals surface area contributed by atoms with Gasteiger partial charge in [0.05, 0.1) is 11.5 Å². The first-order valence-electron chi connectivity index (χ1n) is 8.95. The Morgan fingerprint density at radius 1 is 0.800 bits per heavy atom. The Kier molecular flexibility index (Phi) is 6.10. The van der Waals surface area contributed by atoms with Crippen molar-refractivity contribution in [2.75, 3.05) is 11.5 Å². The SMILES string of the molecule is CC=CC1(C)C=CC=CC1CS(=O)(=O)CC1C=CC=CC1(C)C=CC. The molecule has 0 aliphatic heterocycles. The van der Waals surface area contributed by atoms with Gasteiger partial charge < -0.3 is 0 Å². The average Bonchev–Trinajstić information content (AvgIpc) is 2.52. The fourth-order valence-corrected chi connectivity index (χ4v) is 5.92. The summed E-state index contributed by atoms with van der Waals surface area (Å²) < 4.78 is 26.0. The molecule has 0 radical (unpaired) electrons. The molecule has 2 rings (SSSR count). The minimum atomic E-state index is -3.20. The second-order valence-corrected chi connectivity index (χ2v) is 9.66. The third-order valence-corrected chi connectivity index (χ3v) is 7.07. The predicted octanol–water partition coefficient (Wildman–Crippen LogP) is 5.05. The quantitative estimate of drug-likeness (QED) is 0.623. The molecule has 0 N–H and O–H groups in total. The summed E-state index contributed by atoms with van der Waals surface area (Å²) in [6, 6.07) is 0. The first kappa shape index (κ1) is 19.7. The van der Waals surface area contributed by atoms with Gasteiger partial charge in [0.1, 0.15) is 0 Å². The second-order valence-electron chi connectivity index (χ2n) is 7.51. The van der Waals surface area contributed by atoms with E-state index in [1.165, 1.54) is 0 Å². The van der Waals surface area contributed by atoms with Gasteiger partial charge in [-0.2, -0.15) is 0 Å². The highest BCUT2D eigenvalue weighted by Crippen LogP contribution is 2.39. The van der Waals surface area contributed by atoms with Crippen molar-refractivity contribution in [3.8, 4) is 0 Å². The van der Waals surface area contributed by atoms with Crippen molar-refractivity contribution in [1.82, 2.24) is 0 Å². The zero-order valence-corrected chi connectivity index (χ0v) is 16.5. The standard InChI is InChI=1S/C22H30O2S/c1-5-13-21(3)15-9-7-11-19(21)17-25(23,24)18-20-12-8-10-16-22(20,4)14-6-2/h5-16,19-20H,17-18H2,1-4H3. The summed E-state index contributed by atoms with van der Waals surface area (Å²) in [6.45, 7) is 8.15. The van der Waals surface area contributed by atoms with E-state index in [2.05, 4.69) is 38.2 Å². The van der Waals surface area contributed by atoms with Crippen molar-refractivity contribution < 1.29 is 8.42 Å². The minimum Gasteiger partial charge on any atom is -0.229 e. The van der Waals surface area contributed by atoms with Crippen LogP contribution < -0.4 is 0 Å². The Hall–Kier alpha value is -1.61. The van der Waals surface area contributed by atoms with Crippen molar-refractivity contribution >= 4 is 9.84 Å². The van der Waals surface area contributed by atoms with Gasteiger partial charge in [-0.3, -0.25) is 0 Å². The summed E-state index contributed by atoms with van der Waals surface area (Å²) >= 11 is 0. The molecule has 0 spiro atoms. The summed E-state index contributed by atoms with van der Waals surface area (Å²) in [5.41, 5.74) is -0.489. The number of hydrogen-bond donors (Lipinski definition) is 0. The van der Waals surface area contributed by atoms with Gasteiger partial charge in [-0.1, -0.05) is 86.8 Å². The summed E-state index contributed by atoms with van der Waals surface area (Å²) in [5, 5.41) is 0. The van der Waals surface area contributed by atoms with E-state index in [4.69, 9.17) is 0 Å². The molecule has 0 aromatic heterocycles.